The molecule has 0 saturated carbocycles. The van der Waals surface area contributed by atoms with Crippen molar-refractivity contribution in [3.05, 3.63) is 58.9 Å². The first-order valence-corrected chi connectivity index (χ1v) is 9.47. The van der Waals surface area contributed by atoms with Gasteiger partial charge in [-0.05, 0) is 30.3 Å². The maximum Gasteiger partial charge on any atom is 0.418 e. The highest BCUT2D eigenvalue weighted by Gasteiger charge is 2.34. The highest BCUT2D eigenvalue weighted by Crippen LogP contribution is 2.36. The molecular weight excluding hydrogens is 432 g/mol. The van der Waals surface area contributed by atoms with E-state index in [4.69, 9.17) is 11.6 Å². The van der Waals surface area contributed by atoms with Crippen LogP contribution in [-0.4, -0.2) is 26.4 Å². The van der Waals surface area contributed by atoms with Crippen molar-refractivity contribution in [1.82, 2.24) is 14.8 Å². The van der Waals surface area contributed by atoms with E-state index in [1.807, 2.05) is 0 Å². The van der Waals surface area contributed by atoms with Gasteiger partial charge in [0.2, 0.25) is 5.91 Å². The fourth-order valence-corrected chi connectivity index (χ4v) is 3.38. The topological polar surface area (TPSA) is 59.8 Å². The summed E-state index contributed by atoms with van der Waals surface area (Å²) >= 11 is 6.58. The van der Waals surface area contributed by atoms with E-state index in [9.17, 15) is 22.4 Å². The largest absolute Gasteiger partial charge is 0.418 e. The van der Waals surface area contributed by atoms with Crippen LogP contribution in [0.2, 0.25) is 5.02 Å². The minimum absolute atomic E-state index is 0.0931. The second-order valence-corrected chi connectivity index (χ2v) is 7.25. The maximum absolute atomic E-state index is 13.9. The molecule has 11 heteroatoms. The molecule has 0 aliphatic rings. The summed E-state index contributed by atoms with van der Waals surface area (Å²) in [5, 5.41) is 10.3. The van der Waals surface area contributed by atoms with Gasteiger partial charge in [0.1, 0.15) is 5.82 Å². The Labute approximate surface area is 172 Å². The van der Waals surface area contributed by atoms with Crippen molar-refractivity contribution in [2.45, 2.75) is 11.3 Å². The summed E-state index contributed by atoms with van der Waals surface area (Å²) in [4.78, 5) is 12.1. The standard InChI is InChI=1S/C18H13ClF4N4OS/c1-27-16(11-4-2-3-5-13(11)20)25-26-17(27)29-9-15(28)24-14-7-6-10(19)8-12(14)18(21,22)23/h2-8H,9H2,1H3,(H,24,28). The van der Waals surface area contributed by atoms with Gasteiger partial charge < -0.3 is 9.88 Å². The summed E-state index contributed by atoms with van der Waals surface area (Å²) in [5.41, 5.74) is -1.18. The molecule has 2 aromatic carbocycles. The third kappa shape index (κ3) is 4.88. The Hall–Kier alpha value is -2.59. The molecule has 0 fully saturated rings. The molecule has 0 aliphatic heterocycles. The Morgan fingerprint density at radius 3 is 2.62 bits per heavy atom. The molecule has 0 radical (unpaired) electrons. The SMILES string of the molecule is Cn1c(SCC(=O)Nc2ccc(Cl)cc2C(F)(F)F)nnc1-c1ccccc1F. The molecule has 1 heterocycles. The average molecular weight is 445 g/mol. The number of carbonyl (C=O) groups is 1. The number of benzene rings is 2. The number of amides is 1. The predicted octanol–water partition coefficient (Wildman–Crippen LogP) is 5.02. The van der Waals surface area contributed by atoms with Crippen LogP contribution in [0.3, 0.4) is 0 Å². The zero-order valence-electron chi connectivity index (χ0n) is 14.8. The Morgan fingerprint density at radius 1 is 1.21 bits per heavy atom. The van der Waals surface area contributed by atoms with Gasteiger partial charge in [0.15, 0.2) is 11.0 Å². The van der Waals surface area contributed by atoms with Crippen molar-refractivity contribution in [3.8, 4) is 11.4 Å². The number of nitrogens with zero attached hydrogens (tertiary/aromatic N) is 3. The Morgan fingerprint density at radius 2 is 1.93 bits per heavy atom. The first-order valence-electron chi connectivity index (χ1n) is 8.10. The number of rotatable bonds is 5. The van der Waals surface area contributed by atoms with Gasteiger partial charge in [0, 0.05) is 12.1 Å². The number of hydrogen-bond acceptors (Lipinski definition) is 4. The lowest BCUT2D eigenvalue weighted by Gasteiger charge is -2.14. The van der Waals surface area contributed by atoms with Crippen LogP contribution in [0.1, 0.15) is 5.56 Å². The number of halogens is 5. The van der Waals surface area contributed by atoms with Gasteiger partial charge in [-0.1, -0.05) is 35.5 Å². The van der Waals surface area contributed by atoms with E-state index >= 15 is 0 Å². The van der Waals surface area contributed by atoms with E-state index in [1.165, 1.54) is 16.7 Å². The molecule has 29 heavy (non-hydrogen) atoms. The lowest BCUT2D eigenvalue weighted by Crippen LogP contribution is -2.18. The number of hydrogen-bond donors (Lipinski definition) is 1. The van der Waals surface area contributed by atoms with Crippen LogP contribution in [0.15, 0.2) is 47.6 Å². The number of aromatic nitrogens is 3. The van der Waals surface area contributed by atoms with Crippen LogP contribution in [-0.2, 0) is 18.0 Å². The smallest absolute Gasteiger partial charge is 0.325 e. The third-order valence-electron chi connectivity index (χ3n) is 3.84. The summed E-state index contributed by atoms with van der Waals surface area (Å²) in [7, 11) is 1.60. The van der Waals surface area contributed by atoms with E-state index < -0.39 is 29.2 Å². The van der Waals surface area contributed by atoms with E-state index in [1.54, 1.807) is 25.2 Å². The minimum atomic E-state index is -4.67. The molecule has 0 atom stereocenters. The van der Waals surface area contributed by atoms with Gasteiger partial charge in [0.25, 0.3) is 0 Å². The molecule has 1 aromatic heterocycles. The van der Waals surface area contributed by atoms with Crippen molar-refractivity contribution >= 4 is 35.0 Å². The third-order valence-corrected chi connectivity index (χ3v) is 5.10. The fraction of sp³-hybridized carbons (Fsp3) is 0.167. The zero-order valence-corrected chi connectivity index (χ0v) is 16.4. The van der Waals surface area contributed by atoms with E-state index in [0.29, 0.717) is 5.16 Å². The van der Waals surface area contributed by atoms with Crippen LogP contribution in [0.4, 0.5) is 23.2 Å². The van der Waals surface area contributed by atoms with Crippen LogP contribution < -0.4 is 5.32 Å². The van der Waals surface area contributed by atoms with Crippen LogP contribution >= 0.6 is 23.4 Å². The summed E-state index contributed by atoms with van der Waals surface area (Å²) in [6.45, 7) is 0. The van der Waals surface area contributed by atoms with Gasteiger partial charge in [-0.25, -0.2) is 4.39 Å². The Balaban J connectivity index is 1.71. The number of alkyl halides is 3. The molecule has 1 amide bonds. The number of carbonyl (C=O) groups excluding carboxylic acids is 1. The van der Waals surface area contributed by atoms with Crippen LogP contribution in [0.5, 0.6) is 0 Å². The lowest BCUT2D eigenvalue weighted by atomic mass is 10.1. The molecule has 0 saturated heterocycles. The molecule has 3 rings (SSSR count). The molecule has 0 aliphatic carbocycles. The van der Waals surface area contributed by atoms with E-state index in [-0.39, 0.29) is 22.2 Å². The molecule has 3 aromatic rings. The predicted molar refractivity (Wildman–Crippen MR) is 102 cm³/mol. The lowest BCUT2D eigenvalue weighted by molar-refractivity contribution is -0.137. The molecule has 152 valence electrons. The summed E-state index contributed by atoms with van der Waals surface area (Å²) in [5.74, 6) is -1.09. The van der Waals surface area contributed by atoms with Crippen molar-refractivity contribution in [2.24, 2.45) is 7.05 Å². The van der Waals surface area contributed by atoms with Gasteiger partial charge in [-0.3, -0.25) is 4.79 Å². The van der Waals surface area contributed by atoms with Crippen LogP contribution in [0.25, 0.3) is 11.4 Å². The minimum Gasteiger partial charge on any atom is -0.325 e. The molecule has 5 nitrogen and oxygen atoms in total. The highest BCUT2D eigenvalue weighted by molar-refractivity contribution is 7.99. The van der Waals surface area contributed by atoms with E-state index in [0.717, 1.165) is 23.9 Å². The Bertz CT molecular complexity index is 1050. The quantitative estimate of drug-likeness (QED) is 0.443. The summed E-state index contributed by atoms with van der Waals surface area (Å²) in [6.07, 6.45) is -4.67. The monoisotopic (exact) mass is 444 g/mol. The molecular formula is C18H13ClF4N4OS. The summed E-state index contributed by atoms with van der Waals surface area (Å²) in [6, 6.07) is 9.11. The second kappa shape index (κ2) is 8.42. The maximum atomic E-state index is 13.9. The molecule has 0 spiro atoms. The van der Waals surface area contributed by atoms with Gasteiger partial charge in [-0.2, -0.15) is 13.2 Å². The van der Waals surface area contributed by atoms with Gasteiger partial charge in [-0.15, -0.1) is 10.2 Å². The van der Waals surface area contributed by atoms with Crippen LogP contribution in [0, 0.1) is 5.82 Å². The molecule has 0 unspecified atom stereocenters. The van der Waals surface area contributed by atoms with Crippen molar-refractivity contribution in [3.63, 3.8) is 0 Å². The number of nitrogens with one attached hydrogen (secondary N) is 1. The molecule has 0 bridgehead atoms. The fourth-order valence-electron chi connectivity index (χ4n) is 2.49. The first kappa shape index (κ1) is 21.1. The van der Waals surface area contributed by atoms with Crippen molar-refractivity contribution < 1.29 is 22.4 Å². The summed E-state index contributed by atoms with van der Waals surface area (Å²) < 4.78 is 54.8. The average Bonchev–Trinajstić information content (AvgIpc) is 3.01. The van der Waals surface area contributed by atoms with Gasteiger partial charge >= 0.3 is 6.18 Å². The van der Waals surface area contributed by atoms with Gasteiger partial charge in [0.05, 0.1) is 22.6 Å². The number of anilines is 1. The normalized spacial score (nSPS) is 11.5. The zero-order chi connectivity index (χ0) is 21.2. The van der Waals surface area contributed by atoms with E-state index in [2.05, 4.69) is 15.5 Å². The van der Waals surface area contributed by atoms with Crippen molar-refractivity contribution in [1.29, 1.82) is 0 Å². The van der Waals surface area contributed by atoms with Crippen molar-refractivity contribution in [2.75, 3.05) is 11.1 Å². The second-order valence-electron chi connectivity index (χ2n) is 5.87. The molecule has 1 N–H and O–H groups in total. The highest BCUT2D eigenvalue weighted by atomic mass is 35.5. The number of thioether (sulfide) groups is 1. The Kier molecular flexibility index (Phi) is 6.13. The first-order chi connectivity index (χ1) is 13.7.